The van der Waals surface area contributed by atoms with Gasteiger partial charge in [-0.05, 0) is 32.8 Å². The summed E-state index contributed by atoms with van der Waals surface area (Å²) in [6.45, 7) is 9.01. The summed E-state index contributed by atoms with van der Waals surface area (Å²) in [6.07, 6.45) is 6.13. The van der Waals surface area contributed by atoms with Crippen LogP contribution in [0.15, 0.2) is 18.5 Å². The first-order valence-electron chi connectivity index (χ1n) is 8.60. The molecule has 124 valence electrons. The highest BCUT2D eigenvalue weighted by atomic mass is 16.5. The van der Waals surface area contributed by atoms with E-state index in [-0.39, 0.29) is 0 Å². The molecule has 2 aliphatic heterocycles. The standard InChI is InChI=1S/C17H25N5O/c1-13(2)22-17-12-20(14-4-8-23-9-5-14)10-15(17)16(19-22)11-21-7-3-6-18-21/h3,6-7,13-14H,4-5,8-12H2,1-2H3. The summed E-state index contributed by atoms with van der Waals surface area (Å²) in [6, 6.07) is 3.01. The third kappa shape index (κ3) is 2.81. The minimum atomic E-state index is 0.393. The lowest BCUT2D eigenvalue weighted by molar-refractivity contribution is 0.0317. The number of hydrogen-bond donors (Lipinski definition) is 0. The second kappa shape index (κ2) is 6.09. The van der Waals surface area contributed by atoms with E-state index in [1.165, 1.54) is 17.0 Å². The van der Waals surface area contributed by atoms with Crippen molar-refractivity contribution in [1.82, 2.24) is 24.5 Å². The number of aromatic nitrogens is 4. The van der Waals surface area contributed by atoms with Crippen molar-refractivity contribution >= 4 is 0 Å². The van der Waals surface area contributed by atoms with Gasteiger partial charge in [-0.3, -0.25) is 14.3 Å². The molecule has 2 aliphatic rings. The van der Waals surface area contributed by atoms with Gasteiger partial charge in [0.2, 0.25) is 0 Å². The van der Waals surface area contributed by atoms with Crippen molar-refractivity contribution in [3.63, 3.8) is 0 Å². The summed E-state index contributed by atoms with van der Waals surface area (Å²) in [4.78, 5) is 2.61. The van der Waals surface area contributed by atoms with Gasteiger partial charge in [-0.15, -0.1) is 0 Å². The number of hydrogen-bond acceptors (Lipinski definition) is 4. The van der Waals surface area contributed by atoms with Gasteiger partial charge in [-0.25, -0.2) is 0 Å². The van der Waals surface area contributed by atoms with Gasteiger partial charge < -0.3 is 4.74 Å². The van der Waals surface area contributed by atoms with Crippen LogP contribution >= 0.6 is 0 Å². The molecule has 2 aromatic heterocycles. The molecule has 0 bridgehead atoms. The average Bonchev–Trinajstić information content (AvgIpc) is 3.26. The van der Waals surface area contributed by atoms with Crippen LogP contribution in [0.1, 0.15) is 49.7 Å². The number of rotatable bonds is 4. The second-order valence-corrected chi connectivity index (χ2v) is 6.86. The van der Waals surface area contributed by atoms with Crippen molar-refractivity contribution in [3.8, 4) is 0 Å². The average molecular weight is 315 g/mol. The van der Waals surface area contributed by atoms with Crippen LogP contribution in [-0.4, -0.2) is 43.7 Å². The molecule has 4 rings (SSSR count). The lowest BCUT2D eigenvalue weighted by atomic mass is 10.1. The van der Waals surface area contributed by atoms with Crippen LogP contribution < -0.4 is 0 Å². The van der Waals surface area contributed by atoms with Gasteiger partial charge in [-0.1, -0.05) is 0 Å². The SMILES string of the molecule is CC(C)n1nc(Cn2cccn2)c2c1CN(C1CCOCC1)C2. The molecule has 6 nitrogen and oxygen atoms in total. The highest BCUT2D eigenvalue weighted by Gasteiger charge is 2.33. The van der Waals surface area contributed by atoms with E-state index in [0.29, 0.717) is 12.1 Å². The van der Waals surface area contributed by atoms with E-state index in [0.717, 1.165) is 45.7 Å². The summed E-state index contributed by atoms with van der Waals surface area (Å²) < 4.78 is 9.70. The molecule has 0 atom stereocenters. The molecule has 6 heteroatoms. The quantitative estimate of drug-likeness (QED) is 0.868. The molecule has 4 heterocycles. The van der Waals surface area contributed by atoms with E-state index in [1.54, 1.807) is 0 Å². The van der Waals surface area contributed by atoms with E-state index in [2.05, 4.69) is 28.5 Å². The number of fused-ring (bicyclic) bond motifs is 1. The Labute approximate surface area is 137 Å². The van der Waals surface area contributed by atoms with E-state index in [1.807, 2.05) is 23.1 Å². The van der Waals surface area contributed by atoms with Crippen LogP contribution in [0.4, 0.5) is 0 Å². The van der Waals surface area contributed by atoms with E-state index in [4.69, 9.17) is 9.84 Å². The Balaban J connectivity index is 1.60. The Bertz CT molecular complexity index is 655. The Morgan fingerprint density at radius 3 is 2.78 bits per heavy atom. The maximum Gasteiger partial charge on any atom is 0.0888 e. The van der Waals surface area contributed by atoms with Gasteiger partial charge in [0.25, 0.3) is 0 Å². The van der Waals surface area contributed by atoms with Gasteiger partial charge >= 0.3 is 0 Å². The first-order valence-corrected chi connectivity index (χ1v) is 8.60. The molecular formula is C17H25N5O. The predicted octanol–water partition coefficient (Wildman–Crippen LogP) is 2.20. The van der Waals surface area contributed by atoms with Crippen molar-refractivity contribution in [2.75, 3.05) is 13.2 Å². The fourth-order valence-corrected chi connectivity index (χ4v) is 3.77. The van der Waals surface area contributed by atoms with E-state index >= 15 is 0 Å². The molecule has 0 N–H and O–H groups in total. The number of nitrogens with zero attached hydrogens (tertiary/aromatic N) is 5. The van der Waals surface area contributed by atoms with Crippen LogP contribution in [-0.2, 0) is 24.4 Å². The summed E-state index contributed by atoms with van der Waals surface area (Å²) >= 11 is 0. The predicted molar refractivity (Wildman–Crippen MR) is 87.0 cm³/mol. The molecule has 0 unspecified atom stereocenters. The van der Waals surface area contributed by atoms with Crippen LogP contribution in [0.3, 0.4) is 0 Å². The third-order valence-corrected chi connectivity index (χ3v) is 4.98. The van der Waals surface area contributed by atoms with Crippen molar-refractivity contribution in [2.45, 2.75) is 58.4 Å². The lowest BCUT2D eigenvalue weighted by Crippen LogP contribution is -2.36. The minimum Gasteiger partial charge on any atom is -0.381 e. The van der Waals surface area contributed by atoms with Gasteiger partial charge in [0.1, 0.15) is 0 Å². The van der Waals surface area contributed by atoms with Crippen molar-refractivity contribution < 1.29 is 4.74 Å². The van der Waals surface area contributed by atoms with Gasteiger partial charge in [-0.2, -0.15) is 10.2 Å². The van der Waals surface area contributed by atoms with Crippen LogP contribution in [0.25, 0.3) is 0 Å². The molecule has 1 saturated heterocycles. The molecule has 0 aliphatic carbocycles. The highest BCUT2D eigenvalue weighted by molar-refractivity contribution is 5.31. The third-order valence-electron chi connectivity index (χ3n) is 4.98. The van der Waals surface area contributed by atoms with Crippen molar-refractivity contribution in [3.05, 3.63) is 35.4 Å². The van der Waals surface area contributed by atoms with Gasteiger partial charge in [0.05, 0.1) is 17.9 Å². The molecule has 23 heavy (non-hydrogen) atoms. The summed E-state index contributed by atoms with van der Waals surface area (Å²) in [5, 5.41) is 9.23. The lowest BCUT2D eigenvalue weighted by Gasteiger charge is -2.31. The zero-order valence-electron chi connectivity index (χ0n) is 14.0. The smallest absolute Gasteiger partial charge is 0.0888 e. The zero-order chi connectivity index (χ0) is 15.8. The maximum atomic E-state index is 5.52. The summed E-state index contributed by atoms with van der Waals surface area (Å²) in [5.41, 5.74) is 3.99. The highest BCUT2D eigenvalue weighted by Crippen LogP contribution is 2.32. The largest absolute Gasteiger partial charge is 0.381 e. The first-order chi connectivity index (χ1) is 11.2. The Morgan fingerprint density at radius 1 is 1.26 bits per heavy atom. The van der Waals surface area contributed by atoms with Gasteiger partial charge in [0.15, 0.2) is 0 Å². The molecule has 0 saturated carbocycles. The van der Waals surface area contributed by atoms with Crippen molar-refractivity contribution in [2.24, 2.45) is 0 Å². The molecule has 1 fully saturated rings. The fourth-order valence-electron chi connectivity index (χ4n) is 3.77. The molecule has 0 radical (unpaired) electrons. The summed E-state index contributed by atoms with van der Waals surface area (Å²) in [5.74, 6) is 0. The molecule has 0 spiro atoms. The number of ether oxygens (including phenoxy) is 1. The Hall–Kier alpha value is -1.66. The maximum absolute atomic E-state index is 5.52. The first kappa shape index (κ1) is 14.9. The van der Waals surface area contributed by atoms with Crippen molar-refractivity contribution in [1.29, 1.82) is 0 Å². The Morgan fingerprint density at radius 2 is 2.09 bits per heavy atom. The van der Waals surface area contributed by atoms with E-state index < -0.39 is 0 Å². The molecular weight excluding hydrogens is 290 g/mol. The summed E-state index contributed by atoms with van der Waals surface area (Å²) in [7, 11) is 0. The topological polar surface area (TPSA) is 48.1 Å². The molecule has 0 amide bonds. The molecule has 0 aromatic carbocycles. The van der Waals surface area contributed by atoms with Crippen LogP contribution in [0.2, 0.25) is 0 Å². The molecule has 2 aromatic rings. The Kier molecular flexibility index (Phi) is 3.95. The van der Waals surface area contributed by atoms with Gasteiger partial charge in [0, 0.05) is 56.3 Å². The minimum absolute atomic E-state index is 0.393. The second-order valence-electron chi connectivity index (χ2n) is 6.86. The van der Waals surface area contributed by atoms with Crippen LogP contribution in [0.5, 0.6) is 0 Å². The van der Waals surface area contributed by atoms with E-state index in [9.17, 15) is 0 Å². The van der Waals surface area contributed by atoms with Crippen LogP contribution in [0, 0.1) is 0 Å². The normalized spacial score (nSPS) is 19.6. The fraction of sp³-hybridized carbons (Fsp3) is 0.647. The zero-order valence-corrected chi connectivity index (χ0v) is 14.0. The monoisotopic (exact) mass is 315 g/mol.